The number of allylic oxidation sites excluding steroid dienone is 1. The van der Waals surface area contributed by atoms with Crippen molar-refractivity contribution in [3.8, 4) is 12.3 Å². The molecule has 0 aromatic carbocycles. The van der Waals surface area contributed by atoms with Crippen molar-refractivity contribution in [2.45, 2.75) is 20.8 Å². The first kappa shape index (κ1) is 13.4. The van der Waals surface area contributed by atoms with Crippen molar-refractivity contribution < 1.29 is 13.3 Å². The van der Waals surface area contributed by atoms with E-state index in [0.29, 0.717) is 19.8 Å². The summed E-state index contributed by atoms with van der Waals surface area (Å²) in [5.41, 5.74) is 1.74. The Morgan fingerprint density at radius 1 is 1.07 bits per heavy atom. The van der Waals surface area contributed by atoms with Crippen LogP contribution in [0.25, 0.3) is 0 Å². The molecule has 0 aromatic rings. The predicted octanol–water partition coefficient (Wildman–Crippen LogP) is 1.76. The Labute approximate surface area is 87.4 Å². The Morgan fingerprint density at radius 3 is 1.79 bits per heavy atom. The lowest BCUT2D eigenvalue weighted by Crippen LogP contribution is -2.44. The quantitative estimate of drug-likeness (QED) is 0.477. The molecule has 0 atom stereocenters. The normalized spacial score (nSPS) is 11.9. The van der Waals surface area contributed by atoms with Gasteiger partial charge in [-0.2, -0.15) is 0 Å². The number of terminal acetylenes is 1. The van der Waals surface area contributed by atoms with Gasteiger partial charge >= 0.3 is 8.80 Å². The monoisotopic (exact) mass is 214 g/mol. The van der Waals surface area contributed by atoms with E-state index in [1.165, 1.54) is 0 Å². The van der Waals surface area contributed by atoms with E-state index >= 15 is 0 Å². The second-order valence-electron chi connectivity index (χ2n) is 2.40. The average molecular weight is 214 g/mol. The Bertz CT molecular complexity index is 191. The highest BCUT2D eigenvalue weighted by Crippen LogP contribution is 2.11. The predicted molar refractivity (Wildman–Crippen MR) is 58.6 cm³/mol. The molecule has 4 heteroatoms. The van der Waals surface area contributed by atoms with Crippen LogP contribution in [0, 0.1) is 12.3 Å². The Morgan fingerprint density at radius 2 is 1.50 bits per heavy atom. The third-order valence-electron chi connectivity index (χ3n) is 1.42. The van der Waals surface area contributed by atoms with Gasteiger partial charge in [0.05, 0.1) is 0 Å². The molecule has 80 valence electrons. The zero-order valence-electron chi connectivity index (χ0n) is 9.08. The van der Waals surface area contributed by atoms with E-state index in [9.17, 15) is 0 Å². The van der Waals surface area contributed by atoms with Gasteiger partial charge in [0.1, 0.15) is 0 Å². The summed E-state index contributed by atoms with van der Waals surface area (Å²) >= 11 is 0. The highest BCUT2D eigenvalue weighted by atomic mass is 28.4. The van der Waals surface area contributed by atoms with Gasteiger partial charge in [0, 0.05) is 19.8 Å². The number of hydrogen-bond acceptors (Lipinski definition) is 3. The van der Waals surface area contributed by atoms with Crippen LogP contribution in [-0.4, -0.2) is 28.6 Å². The molecule has 0 N–H and O–H groups in total. The van der Waals surface area contributed by atoms with Gasteiger partial charge in [0.15, 0.2) is 0 Å². The van der Waals surface area contributed by atoms with E-state index in [2.05, 4.69) is 5.92 Å². The van der Waals surface area contributed by atoms with E-state index in [4.69, 9.17) is 19.7 Å². The van der Waals surface area contributed by atoms with Crippen molar-refractivity contribution in [1.82, 2.24) is 0 Å². The summed E-state index contributed by atoms with van der Waals surface area (Å²) in [7, 11) is -2.64. The molecule has 0 amide bonds. The molecule has 0 aromatic heterocycles. The largest absolute Gasteiger partial charge is 0.530 e. The third kappa shape index (κ3) is 4.58. The lowest BCUT2D eigenvalue weighted by Gasteiger charge is -2.24. The minimum Gasteiger partial charge on any atom is -0.371 e. The third-order valence-corrected chi connectivity index (χ3v) is 4.07. The SMILES string of the molecule is C#CC=C[Si](OCC)(OCC)OCC. The van der Waals surface area contributed by atoms with E-state index < -0.39 is 8.80 Å². The van der Waals surface area contributed by atoms with Gasteiger partial charge in [-0.05, 0) is 32.5 Å². The van der Waals surface area contributed by atoms with Crippen LogP contribution in [0.15, 0.2) is 11.8 Å². The molecule has 0 bridgehead atoms. The van der Waals surface area contributed by atoms with Crippen molar-refractivity contribution in [3.05, 3.63) is 11.8 Å². The molecule has 0 unspecified atom stereocenters. The minimum absolute atomic E-state index is 0.557. The molecule has 14 heavy (non-hydrogen) atoms. The topological polar surface area (TPSA) is 27.7 Å². The summed E-state index contributed by atoms with van der Waals surface area (Å²) in [4.78, 5) is 0. The van der Waals surface area contributed by atoms with E-state index in [-0.39, 0.29) is 0 Å². The van der Waals surface area contributed by atoms with Crippen LogP contribution in [0.2, 0.25) is 0 Å². The first-order chi connectivity index (χ1) is 6.74. The number of rotatable bonds is 7. The molecule has 0 saturated heterocycles. The van der Waals surface area contributed by atoms with Crippen molar-refractivity contribution in [3.63, 3.8) is 0 Å². The highest BCUT2D eigenvalue weighted by molar-refractivity contribution is 6.66. The van der Waals surface area contributed by atoms with Gasteiger partial charge in [-0.25, -0.2) is 0 Å². The van der Waals surface area contributed by atoms with Crippen LogP contribution < -0.4 is 0 Å². The minimum atomic E-state index is -2.64. The molecular formula is C10H18O3Si. The smallest absolute Gasteiger partial charge is 0.371 e. The van der Waals surface area contributed by atoms with Gasteiger partial charge < -0.3 is 13.3 Å². The summed E-state index contributed by atoms with van der Waals surface area (Å²) in [6.07, 6.45) is 6.72. The van der Waals surface area contributed by atoms with Crippen LogP contribution in [0.4, 0.5) is 0 Å². The summed E-state index contributed by atoms with van der Waals surface area (Å²) < 4.78 is 16.6. The van der Waals surface area contributed by atoms with Gasteiger partial charge in [-0.3, -0.25) is 0 Å². The van der Waals surface area contributed by atoms with Crippen molar-refractivity contribution in [2.24, 2.45) is 0 Å². The molecule has 0 aliphatic rings. The lowest BCUT2D eigenvalue weighted by atomic mass is 10.7. The van der Waals surface area contributed by atoms with Crippen LogP contribution in [0.1, 0.15) is 20.8 Å². The number of hydrogen-bond donors (Lipinski definition) is 0. The summed E-state index contributed by atoms with van der Waals surface area (Å²) in [6.45, 7) is 7.39. The van der Waals surface area contributed by atoms with Crippen LogP contribution in [0.5, 0.6) is 0 Å². The van der Waals surface area contributed by atoms with Gasteiger partial charge in [-0.1, -0.05) is 5.92 Å². The molecule has 0 aliphatic heterocycles. The Kier molecular flexibility index (Phi) is 7.43. The Hall–Kier alpha value is -0.603. The van der Waals surface area contributed by atoms with Crippen LogP contribution >= 0.6 is 0 Å². The first-order valence-corrected chi connectivity index (χ1v) is 6.60. The van der Waals surface area contributed by atoms with Gasteiger partial charge in [0.25, 0.3) is 0 Å². The average Bonchev–Trinajstić information content (AvgIpc) is 2.16. The van der Waals surface area contributed by atoms with Crippen LogP contribution in [-0.2, 0) is 13.3 Å². The van der Waals surface area contributed by atoms with E-state index in [1.54, 1.807) is 11.8 Å². The van der Waals surface area contributed by atoms with E-state index in [0.717, 1.165) is 0 Å². The summed E-state index contributed by atoms with van der Waals surface area (Å²) in [6, 6.07) is 0. The van der Waals surface area contributed by atoms with Crippen molar-refractivity contribution in [2.75, 3.05) is 19.8 Å². The first-order valence-electron chi connectivity index (χ1n) is 4.80. The molecule has 0 radical (unpaired) electrons. The molecule has 0 rings (SSSR count). The highest BCUT2D eigenvalue weighted by Gasteiger charge is 2.37. The molecule has 0 heterocycles. The molecular weight excluding hydrogens is 196 g/mol. The summed E-state index contributed by atoms with van der Waals surface area (Å²) in [5, 5.41) is 0. The fraction of sp³-hybridized carbons (Fsp3) is 0.600. The zero-order valence-corrected chi connectivity index (χ0v) is 10.1. The second kappa shape index (κ2) is 7.77. The molecule has 0 fully saturated rings. The molecule has 3 nitrogen and oxygen atoms in total. The van der Waals surface area contributed by atoms with Gasteiger partial charge in [-0.15, -0.1) is 6.42 Å². The molecule has 0 saturated carbocycles. The maximum atomic E-state index is 5.52. The molecule has 0 aliphatic carbocycles. The maximum absolute atomic E-state index is 5.52. The second-order valence-corrected chi connectivity index (χ2v) is 4.81. The van der Waals surface area contributed by atoms with Crippen molar-refractivity contribution in [1.29, 1.82) is 0 Å². The fourth-order valence-electron chi connectivity index (χ4n) is 1.02. The summed E-state index contributed by atoms with van der Waals surface area (Å²) in [5.74, 6) is 2.41. The molecule has 0 spiro atoms. The standard InChI is InChI=1S/C10H18O3Si/c1-5-9-10-14(11-6-2,12-7-3)13-8-4/h1,9-10H,6-8H2,2-4H3. The Balaban J connectivity index is 4.55. The zero-order chi connectivity index (χ0) is 10.9. The van der Waals surface area contributed by atoms with Crippen molar-refractivity contribution >= 4 is 8.80 Å². The fourth-order valence-corrected chi connectivity index (χ4v) is 3.07. The maximum Gasteiger partial charge on any atom is 0.530 e. The van der Waals surface area contributed by atoms with Gasteiger partial charge in [0.2, 0.25) is 0 Å². The van der Waals surface area contributed by atoms with Crippen LogP contribution in [0.3, 0.4) is 0 Å². The lowest BCUT2D eigenvalue weighted by molar-refractivity contribution is 0.0843. The van der Waals surface area contributed by atoms with E-state index in [1.807, 2.05) is 20.8 Å².